The molecule has 0 atom stereocenters. The number of fused-ring (bicyclic) bond motifs is 3. The van der Waals surface area contributed by atoms with E-state index in [1.165, 1.54) is 38.4 Å². The highest BCUT2D eigenvalue weighted by atomic mass is 32.1. The summed E-state index contributed by atoms with van der Waals surface area (Å²) in [7, 11) is 0. The van der Waals surface area contributed by atoms with Crippen molar-refractivity contribution >= 4 is 29.4 Å². The van der Waals surface area contributed by atoms with Gasteiger partial charge < -0.3 is 5.32 Å². The summed E-state index contributed by atoms with van der Waals surface area (Å²) in [6, 6.07) is 13.1. The molecule has 25 heavy (non-hydrogen) atoms. The Kier molecular flexibility index (Phi) is 3.67. The van der Waals surface area contributed by atoms with Gasteiger partial charge in [0.05, 0.1) is 16.1 Å². The Morgan fingerprint density at radius 1 is 1.00 bits per heavy atom. The number of hydrogen-bond donors (Lipinski definition) is 1. The number of rotatable bonds is 1. The Bertz CT molecular complexity index is 1040. The Hall–Kier alpha value is -1.91. The molecule has 2 aromatic carbocycles. The molecule has 3 aromatic rings. The molecule has 0 bridgehead atoms. The summed E-state index contributed by atoms with van der Waals surface area (Å²) in [5.41, 5.74) is 8.48. The normalized spacial score (nSPS) is 14.6. The van der Waals surface area contributed by atoms with E-state index in [9.17, 15) is 0 Å². The number of aromatic nitrogens is 1. The smallest absolute Gasteiger partial charge is 0.129 e. The number of nitrogens with one attached hydrogen (secondary N) is 1. The predicted octanol–water partition coefficient (Wildman–Crippen LogP) is 6.52. The van der Waals surface area contributed by atoms with Crippen molar-refractivity contribution in [2.45, 2.75) is 40.2 Å². The van der Waals surface area contributed by atoms with Gasteiger partial charge in [-0.15, -0.1) is 0 Å². The maximum atomic E-state index is 5.93. The van der Waals surface area contributed by atoms with Crippen molar-refractivity contribution in [2.24, 2.45) is 0 Å². The van der Waals surface area contributed by atoms with Crippen LogP contribution in [0.2, 0.25) is 0 Å². The molecule has 0 spiro atoms. The second kappa shape index (κ2) is 5.55. The van der Waals surface area contributed by atoms with Gasteiger partial charge in [0.15, 0.2) is 0 Å². The van der Waals surface area contributed by atoms with Gasteiger partial charge >= 0.3 is 0 Å². The lowest BCUT2D eigenvalue weighted by Crippen LogP contribution is -2.30. The third-order valence-corrected chi connectivity index (χ3v) is 6.97. The summed E-state index contributed by atoms with van der Waals surface area (Å²) in [5.74, 6) is 0. The largest absolute Gasteiger partial charge is 0.375 e. The van der Waals surface area contributed by atoms with E-state index >= 15 is 0 Å². The first-order valence-electron chi connectivity index (χ1n) is 8.51. The minimum atomic E-state index is -0.141. The lowest BCUT2D eigenvalue weighted by Gasteiger charge is -2.33. The summed E-state index contributed by atoms with van der Waals surface area (Å²) in [4.78, 5) is 1.30. The topological polar surface area (TPSA) is 17.0 Å². The highest BCUT2D eigenvalue weighted by molar-refractivity contribution is 7.71. The van der Waals surface area contributed by atoms with Gasteiger partial charge in [0.1, 0.15) is 4.64 Å². The van der Waals surface area contributed by atoms with E-state index in [1.807, 2.05) is 0 Å². The van der Waals surface area contributed by atoms with E-state index < -0.39 is 0 Å². The Morgan fingerprint density at radius 2 is 1.64 bits per heavy atom. The molecule has 4 rings (SSSR count). The highest BCUT2D eigenvalue weighted by Crippen LogP contribution is 2.48. The lowest BCUT2D eigenvalue weighted by molar-refractivity contribution is 0.619. The van der Waals surface area contributed by atoms with Crippen LogP contribution in [0.4, 0.5) is 5.69 Å². The van der Waals surface area contributed by atoms with Crippen LogP contribution in [0, 0.1) is 25.4 Å². The average Bonchev–Trinajstić information content (AvgIpc) is 2.89. The Morgan fingerprint density at radius 3 is 2.32 bits per heavy atom. The van der Waals surface area contributed by atoms with Crippen molar-refractivity contribution in [3.8, 4) is 16.8 Å². The molecule has 0 amide bonds. The maximum Gasteiger partial charge on any atom is 0.129 e. The zero-order chi connectivity index (χ0) is 17.9. The molecule has 0 radical (unpaired) electrons. The summed E-state index contributed by atoms with van der Waals surface area (Å²) in [6.07, 6.45) is 0. The van der Waals surface area contributed by atoms with E-state index in [4.69, 9.17) is 12.2 Å². The molecule has 2 heterocycles. The quantitative estimate of drug-likeness (QED) is 0.494. The van der Waals surface area contributed by atoms with Gasteiger partial charge in [-0.05, 0) is 70.0 Å². The van der Waals surface area contributed by atoms with Gasteiger partial charge in [0, 0.05) is 16.8 Å². The van der Waals surface area contributed by atoms with Gasteiger partial charge in [-0.2, -0.15) is 0 Å². The molecule has 0 saturated carbocycles. The first-order valence-corrected chi connectivity index (χ1v) is 9.70. The third-order valence-electron chi connectivity index (χ3n) is 4.99. The zero-order valence-corrected chi connectivity index (χ0v) is 16.9. The van der Waals surface area contributed by atoms with Crippen LogP contribution in [-0.4, -0.2) is 3.96 Å². The van der Waals surface area contributed by atoms with Crippen LogP contribution in [0.3, 0.4) is 0 Å². The van der Waals surface area contributed by atoms with Crippen molar-refractivity contribution in [1.29, 1.82) is 0 Å². The Labute approximate surface area is 158 Å². The number of aryl methyl sites for hydroxylation is 3. The van der Waals surface area contributed by atoms with Gasteiger partial charge in [0.25, 0.3) is 0 Å². The monoisotopic (exact) mass is 366 g/mol. The van der Waals surface area contributed by atoms with Crippen LogP contribution in [-0.2, 0) is 5.54 Å². The van der Waals surface area contributed by atoms with Gasteiger partial charge in [0.2, 0.25) is 0 Å². The summed E-state index contributed by atoms with van der Waals surface area (Å²) in [5, 5.41) is 3.71. The molecule has 4 heteroatoms. The molecule has 2 nitrogen and oxygen atoms in total. The number of hydrogen-bond acceptors (Lipinski definition) is 3. The number of benzene rings is 2. The van der Waals surface area contributed by atoms with Crippen LogP contribution < -0.4 is 5.32 Å². The fraction of sp³-hybridized carbons (Fsp3) is 0.286. The van der Waals surface area contributed by atoms with E-state index in [0.717, 1.165) is 10.3 Å². The molecule has 1 aromatic heterocycles. The van der Waals surface area contributed by atoms with Crippen molar-refractivity contribution in [1.82, 2.24) is 3.96 Å². The fourth-order valence-electron chi connectivity index (χ4n) is 3.41. The molecule has 1 aliphatic rings. The Balaban J connectivity index is 2.01. The minimum Gasteiger partial charge on any atom is -0.375 e. The SMILES string of the molecule is Cc1ccc(-n2sc3c(c2=S)-c2cc(C)c(C)cc2NC3(C)C)cc1. The van der Waals surface area contributed by atoms with E-state index in [0.29, 0.717) is 0 Å². The van der Waals surface area contributed by atoms with Crippen LogP contribution >= 0.6 is 23.8 Å². The molecule has 0 fully saturated rings. The minimum absolute atomic E-state index is 0.141. The van der Waals surface area contributed by atoms with Gasteiger partial charge in [-0.1, -0.05) is 41.4 Å². The standard InChI is InChI=1S/C21H22N2S2/c1-12-6-8-15(9-7-12)23-20(24)18-16-10-13(2)14(3)11-17(16)22-21(4,5)19(18)25-23/h6-11,22H,1-5H3. The predicted molar refractivity (Wildman–Crippen MR) is 111 cm³/mol. The molecule has 0 saturated heterocycles. The van der Waals surface area contributed by atoms with Gasteiger partial charge in [-0.25, -0.2) is 0 Å². The molecule has 0 unspecified atom stereocenters. The average molecular weight is 367 g/mol. The fourth-order valence-corrected chi connectivity index (χ4v) is 5.07. The van der Waals surface area contributed by atoms with Crippen LogP contribution in [0.5, 0.6) is 0 Å². The van der Waals surface area contributed by atoms with E-state index in [2.05, 4.69) is 80.3 Å². The summed E-state index contributed by atoms with van der Waals surface area (Å²) in [6.45, 7) is 10.9. The van der Waals surface area contributed by atoms with E-state index in [1.54, 1.807) is 11.5 Å². The molecular formula is C21H22N2S2. The third kappa shape index (κ3) is 2.55. The highest BCUT2D eigenvalue weighted by Gasteiger charge is 2.34. The molecule has 128 valence electrons. The van der Waals surface area contributed by atoms with Crippen molar-refractivity contribution < 1.29 is 0 Å². The van der Waals surface area contributed by atoms with Crippen LogP contribution in [0.1, 0.15) is 35.4 Å². The maximum absolute atomic E-state index is 5.93. The number of anilines is 1. The van der Waals surface area contributed by atoms with E-state index in [-0.39, 0.29) is 5.54 Å². The first-order chi connectivity index (χ1) is 11.8. The summed E-state index contributed by atoms with van der Waals surface area (Å²) >= 11 is 7.68. The van der Waals surface area contributed by atoms with Crippen LogP contribution in [0.25, 0.3) is 16.8 Å². The second-order valence-corrected chi connectivity index (χ2v) is 8.81. The first kappa shape index (κ1) is 16.6. The molecular weight excluding hydrogens is 344 g/mol. The molecule has 1 aliphatic heterocycles. The van der Waals surface area contributed by atoms with Gasteiger partial charge in [-0.3, -0.25) is 3.96 Å². The van der Waals surface area contributed by atoms with Crippen molar-refractivity contribution in [3.05, 3.63) is 62.6 Å². The van der Waals surface area contributed by atoms with Crippen molar-refractivity contribution in [3.63, 3.8) is 0 Å². The lowest BCUT2D eigenvalue weighted by atomic mass is 9.88. The van der Waals surface area contributed by atoms with Crippen LogP contribution in [0.15, 0.2) is 36.4 Å². The zero-order valence-electron chi connectivity index (χ0n) is 15.2. The summed E-state index contributed by atoms with van der Waals surface area (Å²) < 4.78 is 3.09. The van der Waals surface area contributed by atoms with Crippen molar-refractivity contribution in [2.75, 3.05) is 5.32 Å². The molecule has 0 aliphatic carbocycles. The second-order valence-electron chi connectivity index (χ2n) is 7.46. The molecule has 1 N–H and O–H groups in total. The number of nitrogens with zero attached hydrogens (tertiary/aromatic N) is 1.